The monoisotopic (exact) mass is 470 g/mol. The van der Waals surface area contributed by atoms with Crippen molar-refractivity contribution in [3.8, 4) is 34.5 Å². The van der Waals surface area contributed by atoms with E-state index in [0.29, 0.717) is 68.0 Å². The fourth-order valence-electron chi connectivity index (χ4n) is 6.38. The lowest BCUT2D eigenvalue weighted by atomic mass is 9.83. The summed E-state index contributed by atoms with van der Waals surface area (Å²) in [6, 6.07) is 2.68. The van der Waals surface area contributed by atoms with Crippen molar-refractivity contribution in [2.45, 2.75) is 38.9 Å². The summed E-state index contributed by atoms with van der Waals surface area (Å²) in [6.45, 7) is 3.60. The van der Waals surface area contributed by atoms with Crippen LogP contribution in [0.15, 0.2) is 21.7 Å². The number of phenols is 2. The first-order valence-corrected chi connectivity index (χ1v) is 11.6. The Morgan fingerprint density at radius 1 is 0.657 bits per heavy atom. The first-order chi connectivity index (χ1) is 16.8. The van der Waals surface area contributed by atoms with Gasteiger partial charge in [0.1, 0.15) is 35.2 Å². The van der Waals surface area contributed by atoms with Gasteiger partial charge in [0.25, 0.3) is 0 Å². The van der Waals surface area contributed by atoms with E-state index in [1.54, 1.807) is 0 Å². The van der Waals surface area contributed by atoms with Gasteiger partial charge in [-0.2, -0.15) is 0 Å². The lowest BCUT2D eigenvalue weighted by molar-refractivity contribution is 0.125. The third-order valence-corrected chi connectivity index (χ3v) is 7.61. The topological polar surface area (TPSA) is 112 Å². The Morgan fingerprint density at radius 2 is 1.20 bits per heavy atom. The van der Waals surface area contributed by atoms with Crippen LogP contribution in [-0.4, -0.2) is 29.2 Å². The Balaban J connectivity index is 1.84. The summed E-state index contributed by atoms with van der Waals surface area (Å²) in [7, 11) is 0. The Kier molecular flexibility index (Phi) is 3.22. The van der Waals surface area contributed by atoms with Crippen molar-refractivity contribution < 1.29 is 29.2 Å². The molecule has 0 saturated carbocycles. The predicted octanol–water partition coefficient (Wildman–Crippen LogP) is 3.68. The van der Waals surface area contributed by atoms with Gasteiger partial charge >= 0.3 is 0 Å². The van der Waals surface area contributed by atoms with Gasteiger partial charge in [-0.1, -0.05) is 0 Å². The third kappa shape index (κ3) is 2.06. The highest BCUT2D eigenvalue weighted by molar-refractivity contribution is 6.39. The Hall–Kier alpha value is -4.20. The maximum atomic E-state index is 13.4. The molecule has 0 saturated heterocycles. The van der Waals surface area contributed by atoms with Crippen molar-refractivity contribution in [2.75, 3.05) is 6.79 Å². The number of fused-ring (bicyclic) bond motifs is 5. The molecule has 3 aliphatic rings. The zero-order chi connectivity index (χ0) is 23.9. The number of hydrogen-bond donors (Lipinski definition) is 2. The summed E-state index contributed by atoms with van der Waals surface area (Å²) in [5.74, 6) is 1.05. The highest BCUT2D eigenvalue weighted by Gasteiger charge is 2.37. The van der Waals surface area contributed by atoms with Crippen LogP contribution in [-0.2, 0) is 12.8 Å². The molecule has 0 spiro atoms. The van der Waals surface area contributed by atoms with Gasteiger partial charge in [-0.05, 0) is 13.8 Å². The number of hydrogen-bond acceptors (Lipinski definition) is 8. The molecule has 0 bridgehead atoms. The van der Waals surface area contributed by atoms with Crippen LogP contribution in [0.25, 0.3) is 43.1 Å². The Morgan fingerprint density at radius 3 is 1.86 bits per heavy atom. The Bertz CT molecular complexity index is 1790. The van der Waals surface area contributed by atoms with E-state index in [2.05, 4.69) is 0 Å². The first-order valence-electron chi connectivity index (χ1n) is 11.6. The molecule has 2 N–H and O–H groups in total. The molecule has 3 aliphatic heterocycles. The fourth-order valence-corrected chi connectivity index (χ4v) is 6.38. The summed E-state index contributed by atoms with van der Waals surface area (Å²) >= 11 is 0. The van der Waals surface area contributed by atoms with Gasteiger partial charge in [0.2, 0.25) is 6.79 Å². The molecule has 0 radical (unpaired) electrons. The number of ether oxygens (including phenoxy) is 4. The second kappa shape index (κ2) is 5.89. The summed E-state index contributed by atoms with van der Waals surface area (Å²) < 4.78 is 23.9. The molecule has 8 heteroatoms. The summed E-state index contributed by atoms with van der Waals surface area (Å²) in [5.41, 5.74) is 0.522. The molecule has 5 aromatic carbocycles. The van der Waals surface area contributed by atoms with Gasteiger partial charge in [0.15, 0.2) is 22.4 Å². The van der Waals surface area contributed by atoms with Crippen LogP contribution in [0.2, 0.25) is 0 Å². The summed E-state index contributed by atoms with van der Waals surface area (Å²) in [5, 5.41) is 26.3. The SMILES string of the molecule is C[C@H]1Cc2c(c(O)c3c(=O)cc4c5c6c(cc(=O)c7c(O)c8c(c(c2c35)c76)O[C@@H](C)C8)OCO4)O1. The first kappa shape index (κ1) is 19.1. The molecule has 0 aromatic heterocycles. The Labute approximate surface area is 196 Å². The van der Waals surface area contributed by atoms with Crippen LogP contribution >= 0.6 is 0 Å². The molecule has 174 valence electrons. The molecule has 0 aliphatic carbocycles. The normalized spacial score (nSPS) is 20.2. The van der Waals surface area contributed by atoms with E-state index in [4.69, 9.17) is 18.9 Å². The van der Waals surface area contributed by atoms with Crippen LogP contribution in [0.1, 0.15) is 25.0 Å². The molecule has 35 heavy (non-hydrogen) atoms. The number of phenolic OH excluding ortho intramolecular Hbond substituents is 2. The molecule has 5 aromatic rings. The van der Waals surface area contributed by atoms with E-state index in [0.717, 1.165) is 5.56 Å². The van der Waals surface area contributed by atoms with Gasteiger partial charge in [-0.25, -0.2) is 0 Å². The maximum Gasteiger partial charge on any atom is 0.230 e. The maximum absolute atomic E-state index is 13.4. The average molecular weight is 470 g/mol. The van der Waals surface area contributed by atoms with Crippen LogP contribution in [0, 0.1) is 0 Å². The van der Waals surface area contributed by atoms with Crippen LogP contribution < -0.4 is 29.8 Å². The molecular weight excluding hydrogens is 452 g/mol. The van der Waals surface area contributed by atoms with Gasteiger partial charge in [-0.15, -0.1) is 0 Å². The molecule has 0 unspecified atom stereocenters. The zero-order valence-electron chi connectivity index (χ0n) is 18.8. The molecule has 8 rings (SSSR count). The minimum Gasteiger partial charge on any atom is -0.507 e. The van der Waals surface area contributed by atoms with E-state index < -0.39 is 5.43 Å². The molecule has 8 nitrogen and oxygen atoms in total. The van der Waals surface area contributed by atoms with Crippen molar-refractivity contribution in [3.63, 3.8) is 0 Å². The molecule has 2 atom stereocenters. The standard InChI is InChI=1S/C27H18O8/c1-8-3-10-16-21-18(25(31)27(10)35-8)13(29)6-14-19(21)20-15(33-7-32-14)5-12(28)17-22(20)23(16)26-11(24(17)30)4-9(2)34-26/h5-6,8-9,30-31H,3-4,7H2,1-2H3/t8-,9-/m0/s1. The van der Waals surface area contributed by atoms with Gasteiger partial charge in [-0.3, -0.25) is 9.59 Å². The van der Waals surface area contributed by atoms with Gasteiger partial charge < -0.3 is 29.2 Å². The highest BCUT2D eigenvalue weighted by atomic mass is 16.7. The quantitative estimate of drug-likeness (QED) is 0.260. The van der Waals surface area contributed by atoms with E-state index in [9.17, 15) is 19.8 Å². The summed E-state index contributed by atoms with van der Waals surface area (Å²) in [4.78, 5) is 26.7. The fraction of sp³-hybridized carbons (Fsp3) is 0.259. The third-order valence-electron chi connectivity index (χ3n) is 7.61. The van der Waals surface area contributed by atoms with Crippen molar-refractivity contribution in [1.82, 2.24) is 0 Å². The van der Waals surface area contributed by atoms with Gasteiger partial charge in [0, 0.05) is 68.4 Å². The van der Waals surface area contributed by atoms with Crippen molar-refractivity contribution >= 4 is 43.1 Å². The van der Waals surface area contributed by atoms with Crippen LogP contribution in [0.5, 0.6) is 34.5 Å². The highest BCUT2D eigenvalue weighted by Crippen LogP contribution is 2.58. The van der Waals surface area contributed by atoms with Crippen LogP contribution in [0.4, 0.5) is 0 Å². The lowest BCUT2D eigenvalue weighted by Gasteiger charge is -2.20. The van der Waals surface area contributed by atoms with E-state index >= 15 is 0 Å². The molecule has 3 heterocycles. The number of rotatable bonds is 0. The largest absolute Gasteiger partial charge is 0.507 e. The molecule has 0 amide bonds. The minimum absolute atomic E-state index is 0.0946. The predicted molar refractivity (Wildman–Crippen MR) is 128 cm³/mol. The average Bonchev–Trinajstić information content (AvgIpc) is 3.34. The second-order valence-corrected chi connectivity index (χ2v) is 9.73. The van der Waals surface area contributed by atoms with Crippen molar-refractivity contribution in [3.05, 3.63) is 43.7 Å². The molecular formula is C27H18O8. The van der Waals surface area contributed by atoms with E-state index in [1.807, 2.05) is 13.8 Å². The van der Waals surface area contributed by atoms with Gasteiger partial charge in [0.05, 0.1) is 10.8 Å². The smallest absolute Gasteiger partial charge is 0.230 e. The van der Waals surface area contributed by atoms with Crippen LogP contribution in [0.3, 0.4) is 0 Å². The number of benzene rings is 5. The zero-order valence-corrected chi connectivity index (χ0v) is 18.8. The van der Waals surface area contributed by atoms with E-state index in [-0.39, 0.29) is 52.5 Å². The van der Waals surface area contributed by atoms with Crippen molar-refractivity contribution in [2.24, 2.45) is 0 Å². The lowest BCUT2D eigenvalue weighted by Crippen LogP contribution is -2.08. The van der Waals surface area contributed by atoms with E-state index in [1.165, 1.54) is 12.1 Å². The molecule has 0 fully saturated rings. The van der Waals surface area contributed by atoms with Crippen molar-refractivity contribution in [1.29, 1.82) is 0 Å². The number of aromatic hydroxyl groups is 2. The minimum atomic E-state index is -0.406. The second-order valence-electron chi connectivity index (χ2n) is 9.73. The summed E-state index contributed by atoms with van der Waals surface area (Å²) in [6.07, 6.45) is 0.502.